The van der Waals surface area contributed by atoms with Gasteiger partial charge in [0.05, 0.1) is 12.8 Å². The van der Waals surface area contributed by atoms with E-state index in [1.165, 1.54) is 7.11 Å². The van der Waals surface area contributed by atoms with Crippen molar-refractivity contribution in [1.29, 1.82) is 0 Å². The van der Waals surface area contributed by atoms with Gasteiger partial charge in [0.15, 0.2) is 5.69 Å². The highest BCUT2D eigenvalue weighted by atomic mass is 16.5. The summed E-state index contributed by atoms with van der Waals surface area (Å²) in [5, 5.41) is 10.3. The van der Waals surface area contributed by atoms with Crippen molar-refractivity contribution in [2.75, 3.05) is 14.2 Å². The molecule has 1 heterocycles. The number of carbonyl (C=O) groups excluding carboxylic acids is 2. The molecule has 7 heteroatoms. The molecule has 0 aromatic carbocycles. The number of methoxy groups -OCH3 is 1. The third-order valence-electron chi connectivity index (χ3n) is 2.60. The van der Waals surface area contributed by atoms with Crippen LogP contribution in [0.25, 0.3) is 0 Å². The van der Waals surface area contributed by atoms with Crippen LogP contribution in [0, 0.1) is 0 Å². The van der Waals surface area contributed by atoms with E-state index in [4.69, 9.17) is 0 Å². The molecular formula is C11H18N4O3. The first-order valence-corrected chi connectivity index (χ1v) is 5.85. The first-order chi connectivity index (χ1) is 8.63. The second kappa shape index (κ2) is 6.73. The zero-order chi connectivity index (χ0) is 13.5. The van der Waals surface area contributed by atoms with Crippen LogP contribution >= 0.6 is 0 Å². The summed E-state index contributed by atoms with van der Waals surface area (Å²) in [5.74, 6) is -0.495. The summed E-state index contributed by atoms with van der Waals surface area (Å²) in [4.78, 5) is 22.5. The Bertz CT molecular complexity index is 428. The third kappa shape index (κ3) is 3.28. The highest BCUT2D eigenvalue weighted by Gasteiger charge is 2.18. The van der Waals surface area contributed by atoms with Gasteiger partial charge in [-0.25, -0.2) is 9.48 Å². The minimum Gasteiger partial charge on any atom is -0.464 e. The number of ether oxygens (including phenoxy) is 1. The van der Waals surface area contributed by atoms with Crippen LogP contribution in [0.15, 0.2) is 0 Å². The van der Waals surface area contributed by atoms with Crippen molar-refractivity contribution in [2.45, 2.75) is 32.7 Å². The number of aryl methyl sites for hydroxylation is 1. The normalized spacial score (nSPS) is 10.2. The largest absolute Gasteiger partial charge is 0.464 e. The van der Waals surface area contributed by atoms with E-state index in [0.717, 1.165) is 5.69 Å². The van der Waals surface area contributed by atoms with E-state index in [2.05, 4.69) is 20.4 Å². The van der Waals surface area contributed by atoms with Gasteiger partial charge in [-0.15, -0.1) is 5.10 Å². The van der Waals surface area contributed by atoms with E-state index in [0.29, 0.717) is 25.8 Å². The number of hydrogen-bond donors (Lipinski definition) is 1. The number of hydrogen-bond acceptors (Lipinski definition) is 5. The van der Waals surface area contributed by atoms with Gasteiger partial charge in [0.1, 0.15) is 0 Å². The topological polar surface area (TPSA) is 86.1 Å². The molecule has 0 aliphatic carbocycles. The molecule has 0 aliphatic rings. The SMILES string of the molecule is CCc1c(C(=O)OC)nnn1CCCC(=O)NC. The molecule has 18 heavy (non-hydrogen) atoms. The zero-order valence-corrected chi connectivity index (χ0v) is 10.9. The number of aromatic nitrogens is 3. The number of amides is 1. The monoisotopic (exact) mass is 254 g/mol. The zero-order valence-electron chi connectivity index (χ0n) is 10.9. The number of carbonyl (C=O) groups is 2. The maximum atomic E-state index is 11.4. The molecule has 0 aliphatic heterocycles. The van der Waals surface area contributed by atoms with Crippen molar-refractivity contribution in [3.63, 3.8) is 0 Å². The molecule has 100 valence electrons. The Morgan fingerprint density at radius 2 is 2.17 bits per heavy atom. The molecule has 0 unspecified atom stereocenters. The maximum Gasteiger partial charge on any atom is 0.360 e. The summed E-state index contributed by atoms with van der Waals surface area (Å²) in [5.41, 5.74) is 0.985. The van der Waals surface area contributed by atoms with Gasteiger partial charge in [0.25, 0.3) is 0 Å². The average molecular weight is 254 g/mol. The van der Waals surface area contributed by atoms with Gasteiger partial charge in [-0.2, -0.15) is 0 Å². The molecule has 0 saturated heterocycles. The van der Waals surface area contributed by atoms with Crippen molar-refractivity contribution in [3.8, 4) is 0 Å². The predicted octanol–water partition coefficient (Wildman–Crippen LogP) is 0.153. The van der Waals surface area contributed by atoms with Gasteiger partial charge in [-0.1, -0.05) is 12.1 Å². The van der Waals surface area contributed by atoms with Crippen LogP contribution in [0.4, 0.5) is 0 Å². The van der Waals surface area contributed by atoms with Crippen LogP contribution in [0.1, 0.15) is 35.9 Å². The van der Waals surface area contributed by atoms with E-state index in [-0.39, 0.29) is 11.6 Å². The molecular weight excluding hydrogens is 236 g/mol. The summed E-state index contributed by atoms with van der Waals surface area (Å²) in [6.07, 6.45) is 1.71. The molecule has 0 spiro atoms. The van der Waals surface area contributed by atoms with Gasteiger partial charge in [-0.05, 0) is 12.8 Å². The van der Waals surface area contributed by atoms with E-state index >= 15 is 0 Å². The van der Waals surface area contributed by atoms with Crippen molar-refractivity contribution < 1.29 is 14.3 Å². The maximum absolute atomic E-state index is 11.4. The lowest BCUT2D eigenvalue weighted by Crippen LogP contribution is -2.18. The molecule has 0 saturated carbocycles. The average Bonchev–Trinajstić information content (AvgIpc) is 2.80. The molecule has 1 amide bonds. The Balaban J connectivity index is 2.69. The van der Waals surface area contributed by atoms with Gasteiger partial charge in [-0.3, -0.25) is 4.79 Å². The van der Waals surface area contributed by atoms with E-state index in [1.54, 1.807) is 11.7 Å². The fraction of sp³-hybridized carbons (Fsp3) is 0.636. The Morgan fingerprint density at radius 3 is 2.72 bits per heavy atom. The number of rotatable bonds is 6. The van der Waals surface area contributed by atoms with Gasteiger partial charge >= 0.3 is 5.97 Å². The standard InChI is InChI=1S/C11H18N4O3/c1-4-8-10(11(17)18-3)13-14-15(8)7-5-6-9(16)12-2/h4-7H2,1-3H3,(H,12,16). The summed E-state index contributed by atoms with van der Waals surface area (Å²) >= 11 is 0. The van der Waals surface area contributed by atoms with Crippen LogP contribution in [-0.4, -0.2) is 41.0 Å². The lowest BCUT2D eigenvalue weighted by atomic mass is 10.2. The van der Waals surface area contributed by atoms with Crippen LogP contribution in [0.2, 0.25) is 0 Å². The highest BCUT2D eigenvalue weighted by molar-refractivity contribution is 5.88. The van der Waals surface area contributed by atoms with Crippen LogP contribution < -0.4 is 5.32 Å². The fourth-order valence-electron chi connectivity index (χ4n) is 1.63. The van der Waals surface area contributed by atoms with Crippen molar-refractivity contribution >= 4 is 11.9 Å². The van der Waals surface area contributed by atoms with Gasteiger partial charge in [0.2, 0.25) is 5.91 Å². The second-order valence-electron chi connectivity index (χ2n) is 3.73. The Labute approximate surface area is 105 Å². The predicted molar refractivity (Wildman–Crippen MR) is 64.0 cm³/mol. The van der Waals surface area contributed by atoms with E-state index in [1.807, 2.05) is 6.92 Å². The van der Waals surface area contributed by atoms with Crippen molar-refractivity contribution in [2.24, 2.45) is 0 Å². The Hall–Kier alpha value is -1.92. The number of esters is 1. The lowest BCUT2D eigenvalue weighted by molar-refractivity contribution is -0.120. The highest BCUT2D eigenvalue weighted by Crippen LogP contribution is 2.09. The van der Waals surface area contributed by atoms with Crippen molar-refractivity contribution in [3.05, 3.63) is 11.4 Å². The quantitative estimate of drug-likeness (QED) is 0.730. The number of nitrogens with one attached hydrogen (secondary N) is 1. The molecule has 0 atom stereocenters. The minimum absolute atomic E-state index is 0.0126. The van der Waals surface area contributed by atoms with Crippen LogP contribution in [-0.2, 0) is 22.5 Å². The summed E-state index contributed by atoms with van der Waals surface area (Å²) in [6, 6.07) is 0. The smallest absolute Gasteiger partial charge is 0.360 e. The first kappa shape index (κ1) is 14.1. The van der Waals surface area contributed by atoms with Crippen molar-refractivity contribution in [1.82, 2.24) is 20.3 Å². The summed E-state index contributed by atoms with van der Waals surface area (Å²) < 4.78 is 6.28. The minimum atomic E-state index is -0.482. The van der Waals surface area contributed by atoms with Gasteiger partial charge < -0.3 is 10.1 Å². The van der Waals surface area contributed by atoms with E-state index < -0.39 is 5.97 Å². The third-order valence-corrected chi connectivity index (χ3v) is 2.60. The molecule has 1 aromatic heterocycles. The van der Waals surface area contributed by atoms with E-state index in [9.17, 15) is 9.59 Å². The van der Waals surface area contributed by atoms with Crippen LogP contribution in [0.3, 0.4) is 0 Å². The fourth-order valence-corrected chi connectivity index (χ4v) is 1.63. The first-order valence-electron chi connectivity index (χ1n) is 5.85. The molecule has 7 nitrogen and oxygen atoms in total. The Kier molecular flexibility index (Phi) is 5.29. The second-order valence-corrected chi connectivity index (χ2v) is 3.73. The molecule has 0 fully saturated rings. The number of nitrogens with zero attached hydrogens (tertiary/aromatic N) is 3. The molecule has 1 N–H and O–H groups in total. The molecule has 1 aromatic rings. The molecule has 0 bridgehead atoms. The summed E-state index contributed by atoms with van der Waals surface area (Å²) in [6.45, 7) is 2.47. The lowest BCUT2D eigenvalue weighted by Gasteiger charge is -2.05. The van der Waals surface area contributed by atoms with Gasteiger partial charge in [0, 0.05) is 20.0 Å². The van der Waals surface area contributed by atoms with Crippen LogP contribution in [0.5, 0.6) is 0 Å². The molecule has 1 rings (SSSR count). The summed E-state index contributed by atoms with van der Waals surface area (Å²) in [7, 11) is 2.91. The molecule has 0 radical (unpaired) electrons. The Morgan fingerprint density at radius 1 is 1.44 bits per heavy atom.